The van der Waals surface area contributed by atoms with Crippen LogP contribution in [0.25, 0.3) is 0 Å². The first-order valence-electron chi connectivity index (χ1n) is 13.3. The third-order valence-electron chi connectivity index (χ3n) is 4.59. The molecule has 0 unspecified atom stereocenters. The highest BCUT2D eigenvalue weighted by atomic mass is 16.5. The average molecular weight is 510 g/mol. The summed E-state index contributed by atoms with van der Waals surface area (Å²) in [4.78, 5) is 10.6. The maximum absolute atomic E-state index is 6.92. The van der Waals surface area contributed by atoms with Crippen LogP contribution in [-0.4, -0.2) is 42.5 Å². The highest BCUT2D eigenvalue weighted by Crippen LogP contribution is 2.23. The highest BCUT2D eigenvalue weighted by Gasteiger charge is 2.09. The minimum absolute atomic E-state index is 0.383. The van der Waals surface area contributed by atoms with E-state index in [0.717, 1.165) is 37.2 Å². The van der Waals surface area contributed by atoms with E-state index in [1.54, 1.807) is 6.20 Å². The molecule has 1 aromatic carbocycles. The minimum Gasteiger partial charge on any atom is -0.474 e. The van der Waals surface area contributed by atoms with Gasteiger partial charge in [0.05, 0.1) is 0 Å². The molecule has 0 radical (unpaired) electrons. The quantitative estimate of drug-likeness (QED) is 0.210. The molecule has 0 saturated carbocycles. The molecule has 0 fully saturated rings. The van der Waals surface area contributed by atoms with Gasteiger partial charge in [0.25, 0.3) is 0 Å². The van der Waals surface area contributed by atoms with Gasteiger partial charge in [-0.3, -0.25) is 0 Å². The Morgan fingerprint density at radius 2 is 1.51 bits per heavy atom. The van der Waals surface area contributed by atoms with E-state index in [4.69, 9.17) is 20.6 Å². The van der Waals surface area contributed by atoms with Crippen molar-refractivity contribution in [1.29, 1.82) is 5.41 Å². The highest BCUT2D eigenvalue weighted by molar-refractivity contribution is 5.76. The summed E-state index contributed by atoms with van der Waals surface area (Å²) in [6.45, 7) is 17.1. The minimum atomic E-state index is 0.383. The summed E-state index contributed by atoms with van der Waals surface area (Å²) in [6, 6.07) is 17.2. The van der Waals surface area contributed by atoms with E-state index in [2.05, 4.69) is 28.7 Å². The van der Waals surface area contributed by atoms with Crippen molar-refractivity contribution in [2.45, 2.75) is 61.3 Å². The Morgan fingerprint density at radius 3 is 2.03 bits per heavy atom. The molecule has 204 valence electrons. The number of aryl methyl sites for hydroxylation is 1. The van der Waals surface area contributed by atoms with E-state index in [1.807, 2.05) is 89.2 Å². The summed E-state index contributed by atoms with van der Waals surface area (Å²) >= 11 is 0. The van der Waals surface area contributed by atoms with Crippen LogP contribution >= 0.6 is 0 Å². The monoisotopic (exact) mass is 509 g/mol. The summed E-state index contributed by atoms with van der Waals surface area (Å²) in [5.74, 6) is 1.57. The molecule has 7 heteroatoms. The van der Waals surface area contributed by atoms with E-state index in [-0.39, 0.29) is 0 Å². The molecule has 0 saturated heterocycles. The lowest BCUT2D eigenvalue weighted by atomic mass is 10.2. The van der Waals surface area contributed by atoms with Crippen molar-refractivity contribution in [3.05, 3.63) is 71.9 Å². The van der Waals surface area contributed by atoms with E-state index in [1.165, 1.54) is 11.8 Å². The van der Waals surface area contributed by atoms with E-state index >= 15 is 0 Å². The molecule has 3 aromatic rings. The number of benzene rings is 1. The maximum atomic E-state index is 6.92. The van der Waals surface area contributed by atoms with Gasteiger partial charge in [-0.25, -0.2) is 4.98 Å². The molecule has 0 aliphatic carbocycles. The zero-order chi connectivity index (χ0) is 27.9. The van der Waals surface area contributed by atoms with Gasteiger partial charge in [0, 0.05) is 49.4 Å². The lowest BCUT2D eigenvalue weighted by molar-refractivity contribution is 0.207. The Bertz CT molecular complexity index is 961. The topological polar surface area (TPSA) is 97.3 Å². The van der Waals surface area contributed by atoms with Crippen LogP contribution < -0.4 is 20.1 Å². The van der Waals surface area contributed by atoms with Crippen molar-refractivity contribution in [2.75, 3.05) is 36.9 Å². The second-order valence-corrected chi connectivity index (χ2v) is 7.50. The largest absolute Gasteiger partial charge is 0.474 e. The van der Waals surface area contributed by atoms with Crippen molar-refractivity contribution < 1.29 is 9.47 Å². The number of hydrogen-bond donors (Lipinski definition) is 2. The fraction of sp³-hybridized carbons (Fsp3) is 0.433. The standard InChI is InChI=1S/C18H26N4O2.C8H9N.2C2H6/c1-3-9-22(10-4-2)15-13-16(19)21-18(14-15)24-12-11-23-17-7-5-6-8-20-17;1-7-3-2-4-8(5-7)6-9;2*1-2/h5-8,13-14H,3-4,9-12H2,1-2H3,(H2,19,21);2-6,9H,1H3;2*1-2H3. The molecule has 3 N–H and O–H groups in total. The van der Waals surface area contributed by atoms with Crippen LogP contribution in [0, 0.1) is 12.3 Å². The molecule has 37 heavy (non-hydrogen) atoms. The van der Waals surface area contributed by atoms with Crippen LogP contribution in [-0.2, 0) is 0 Å². The lowest BCUT2D eigenvalue weighted by Gasteiger charge is -2.24. The van der Waals surface area contributed by atoms with Crippen molar-refractivity contribution >= 4 is 17.7 Å². The second kappa shape index (κ2) is 21.7. The predicted octanol–water partition coefficient (Wildman–Crippen LogP) is 7.19. The van der Waals surface area contributed by atoms with Gasteiger partial charge in [-0.15, -0.1) is 0 Å². The number of nitrogens with zero attached hydrogens (tertiary/aromatic N) is 3. The number of rotatable bonds is 11. The number of ether oxygens (including phenoxy) is 2. The van der Waals surface area contributed by atoms with Crippen LogP contribution in [0.1, 0.15) is 65.5 Å². The molecule has 0 bridgehead atoms. The average Bonchev–Trinajstić information content (AvgIpc) is 2.94. The summed E-state index contributed by atoms with van der Waals surface area (Å²) < 4.78 is 11.2. The van der Waals surface area contributed by atoms with E-state index < -0.39 is 0 Å². The summed E-state index contributed by atoms with van der Waals surface area (Å²) in [7, 11) is 0. The molecule has 0 spiro atoms. The van der Waals surface area contributed by atoms with Crippen molar-refractivity contribution in [3.8, 4) is 11.8 Å². The third-order valence-corrected chi connectivity index (χ3v) is 4.59. The zero-order valence-corrected chi connectivity index (χ0v) is 23.8. The maximum Gasteiger partial charge on any atom is 0.217 e. The molecule has 3 rings (SSSR count). The van der Waals surface area contributed by atoms with Gasteiger partial charge in [-0.2, -0.15) is 4.98 Å². The fourth-order valence-electron chi connectivity index (χ4n) is 3.16. The third kappa shape index (κ3) is 14.5. The number of aromatic nitrogens is 2. The van der Waals surface area contributed by atoms with Gasteiger partial charge in [-0.05, 0) is 31.4 Å². The normalized spacial score (nSPS) is 9.27. The van der Waals surface area contributed by atoms with Gasteiger partial charge >= 0.3 is 0 Å². The van der Waals surface area contributed by atoms with E-state index in [9.17, 15) is 0 Å². The van der Waals surface area contributed by atoms with Gasteiger partial charge in [0.15, 0.2) is 0 Å². The van der Waals surface area contributed by atoms with Crippen LogP contribution in [0.4, 0.5) is 11.5 Å². The van der Waals surface area contributed by atoms with Crippen LogP contribution in [0.15, 0.2) is 60.8 Å². The summed E-state index contributed by atoms with van der Waals surface area (Å²) in [5.41, 5.74) is 9.15. The zero-order valence-electron chi connectivity index (χ0n) is 23.8. The number of nitrogen functional groups attached to an aromatic ring is 1. The fourth-order valence-corrected chi connectivity index (χ4v) is 3.16. The SMILES string of the molecule is CC.CC.CCCN(CCC)c1cc(N)nc(OCCOc2ccccn2)c1.Cc1cccc(C=N)c1. The number of nitrogens with one attached hydrogen (secondary N) is 1. The molecule has 0 aliphatic rings. The van der Waals surface area contributed by atoms with Crippen LogP contribution in [0.3, 0.4) is 0 Å². The number of pyridine rings is 2. The smallest absolute Gasteiger partial charge is 0.217 e. The number of anilines is 2. The second-order valence-electron chi connectivity index (χ2n) is 7.50. The molecule has 0 atom stereocenters. The molecular weight excluding hydrogens is 462 g/mol. The molecule has 2 aromatic heterocycles. The first-order chi connectivity index (χ1) is 18.0. The Balaban J connectivity index is 0.000000829. The summed E-state index contributed by atoms with van der Waals surface area (Å²) in [5, 5.41) is 6.92. The van der Waals surface area contributed by atoms with Gasteiger partial charge in [0.2, 0.25) is 11.8 Å². The first kappa shape index (κ1) is 33.4. The number of nitrogens with two attached hydrogens (primary N) is 1. The van der Waals surface area contributed by atoms with Crippen molar-refractivity contribution in [2.24, 2.45) is 0 Å². The first-order valence-corrected chi connectivity index (χ1v) is 13.3. The molecule has 0 aliphatic heterocycles. The Morgan fingerprint density at radius 1 is 0.865 bits per heavy atom. The summed E-state index contributed by atoms with van der Waals surface area (Å²) in [6.07, 6.45) is 5.21. The molecule has 2 heterocycles. The van der Waals surface area contributed by atoms with Gasteiger partial charge < -0.3 is 25.5 Å². The van der Waals surface area contributed by atoms with Crippen LogP contribution in [0.2, 0.25) is 0 Å². The van der Waals surface area contributed by atoms with Gasteiger partial charge in [-0.1, -0.05) is 77.4 Å². The van der Waals surface area contributed by atoms with Crippen molar-refractivity contribution in [1.82, 2.24) is 9.97 Å². The predicted molar refractivity (Wildman–Crippen MR) is 158 cm³/mol. The molecular formula is C30H47N5O2. The lowest BCUT2D eigenvalue weighted by Crippen LogP contribution is -2.25. The number of hydrogen-bond acceptors (Lipinski definition) is 7. The Kier molecular flexibility index (Phi) is 19.5. The molecule has 7 nitrogen and oxygen atoms in total. The van der Waals surface area contributed by atoms with Crippen molar-refractivity contribution in [3.63, 3.8) is 0 Å². The Labute approximate surface area is 224 Å². The van der Waals surface area contributed by atoms with Crippen LogP contribution in [0.5, 0.6) is 11.8 Å². The van der Waals surface area contributed by atoms with E-state index in [0.29, 0.717) is 30.8 Å². The molecule has 0 amide bonds. The Hall–Kier alpha value is -3.61. The van der Waals surface area contributed by atoms with Gasteiger partial charge in [0.1, 0.15) is 19.0 Å².